The lowest BCUT2D eigenvalue weighted by atomic mass is 10.2. The van der Waals surface area contributed by atoms with E-state index in [1.165, 1.54) is 6.92 Å². The quantitative estimate of drug-likeness (QED) is 0.711. The van der Waals surface area contributed by atoms with Gasteiger partial charge in [-0.3, -0.25) is 0 Å². The summed E-state index contributed by atoms with van der Waals surface area (Å²) in [4.78, 5) is 10.8. The highest BCUT2D eigenvalue weighted by atomic mass is 32.3. The van der Waals surface area contributed by atoms with Crippen LogP contribution in [0.15, 0.2) is 11.3 Å². The van der Waals surface area contributed by atoms with Crippen molar-refractivity contribution >= 4 is 26.0 Å². The van der Waals surface area contributed by atoms with Gasteiger partial charge in [-0.2, -0.15) is 3.71 Å². The van der Waals surface area contributed by atoms with E-state index in [-0.39, 0.29) is 21.4 Å². The minimum Gasteiger partial charge on any atom is -0.478 e. The minimum absolute atomic E-state index is 0.0295. The number of nitrogens with zero attached hydrogens (tertiary/aromatic N) is 1. The van der Waals surface area contributed by atoms with Crippen molar-refractivity contribution in [2.24, 2.45) is 0 Å². The normalized spacial score (nSPS) is 14.1. The van der Waals surface area contributed by atoms with E-state index in [9.17, 15) is 21.6 Å². The van der Waals surface area contributed by atoms with Crippen molar-refractivity contribution in [2.75, 3.05) is 12.5 Å². The highest BCUT2D eigenvalue weighted by Crippen LogP contribution is 2.21. The zero-order chi connectivity index (χ0) is 14.0. The second-order valence-corrected chi connectivity index (χ2v) is 7.35. The monoisotopic (exact) mass is 285 g/mol. The van der Waals surface area contributed by atoms with Crippen molar-refractivity contribution < 1.29 is 26.7 Å². The molecule has 0 aromatic heterocycles. The molecule has 0 saturated carbocycles. The fraction of sp³-hybridized carbons (Fsp3) is 0.625. The second kappa shape index (κ2) is 5.05. The van der Waals surface area contributed by atoms with Crippen LogP contribution in [0.1, 0.15) is 20.3 Å². The molecule has 0 aromatic carbocycles. The van der Waals surface area contributed by atoms with Gasteiger partial charge in [0.15, 0.2) is 0 Å². The van der Waals surface area contributed by atoms with Gasteiger partial charge >= 0.3 is 5.97 Å². The van der Waals surface area contributed by atoms with Crippen LogP contribution in [0, 0.1) is 0 Å². The first-order valence-corrected chi connectivity index (χ1v) is 8.26. The molecule has 0 unspecified atom stereocenters. The Balaban J connectivity index is 6.16. The Morgan fingerprint density at radius 1 is 1.12 bits per heavy atom. The lowest BCUT2D eigenvalue weighted by Gasteiger charge is -2.23. The van der Waals surface area contributed by atoms with Crippen molar-refractivity contribution in [3.05, 3.63) is 11.3 Å². The van der Waals surface area contributed by atoms with Gasteiger partial charge in [0.1, 0.15) is 0 Å². The van der Waals surface area contributed by atoms with E-state index in [1.807, 2.05) is 0 Å². The third-order valence-corrected chi connectivity index (χ3v) is 5.18. The van der Waals surface area contributed by atoms with Crippen LogP contribution in [0.3, 0.4) is 0 Å². The summed E-state index contributed by atoms with van der Waals surface area (Å²) < 4.78 is 45.9. The Morgan fingerprint density at radius 2 is 1.47 bits per heavy atom. The fourth-order valence-corrected chi connectivity index (χ4v) is 4.60. The third-order valence-electron chi connectivity index (χ3n) is 1.91. The van der Waals surface area contributed by atoms with Gasteiger partial charge in [0.05, 0.1) is 23.8 Å². The van der Waals surface area contributed by atoms with Gasteiger partial charge in [0.2, 0.25) is 20.0 Å². The summed E-state index contributed by atoms with van der Waals surface area (Å²) in [5.74, 6) is -1.36. The maximum Gasteiger partial charge on any atom is 0.333 e. The van der Waals surface area contributed by atoms with Crippen LogP contribution in [0.4, 0.5) is 0 Å². The summed E-state index contributed by atoms with van der Waals surface area (Å²) in [6.07, 6.45) is 1.38. The van der Waals surface area contributed by atoms with Gasteiger partial charge in [-0.15, -0.1) is 0 Å². The third kappa shape index (κ3) is 4.00. The number of rotatable bonds is 5. The number of carboxylic acids is 1. The van der Waals surface area contributed by atoms with E-state index in [4.69, 9.17) is 5.11 Å². The molecule has 7 nitrogen and oxygen atoms in total. The molecule has 0 fully saturated rings. The first-order chi connectivity index (χ1) is 7.42. The minimum atomic E-state index is -4.09. The van der Waals surface area contributed by atoms with Gasteiger partial charge in [0, 0.05) is 0 Å². The maximum absolute atomic E-state index is 11.4. The largest absolute Gasteiger partial charge is 0.478 e. The van der Waals surface area contributed by atoms with Crippen molar-refractivity contribution in [2.45, 2.75) is 20.3 Å². The Hall–Kier alpha value is -1.09. The van der Waals surface area contributed by atoms with E-state index in [1.54, 1.807) is 0 Å². The van der Waals surface area contributed by atoms with Crippen LogP contribution in [-0.4, -0.2) is 44.1 Å². The predicted octanol–water partition coefficient (Wildman–Crippen LogP) is -0.0238. The molecule has 17 heavy (non-hydrogen) atoms. The van der Waals surface area contributed by atoms with Gasteiger partial charge in [-0.05, 0) is 13.3 Å². The average Bonchev–Trinajstić information content (AvgIpc) is 2.08. The highest BCUT2D eigenvalue weighted by Gasteiger charge is 2.30. The number of sulfonamides is 2. The molecule has 0 rings (SSSR count). The lowest BCUT2D eigenvalue weighted by molar-refractivity contribution is -0.132. The topological polar surface area (TPSA) is 109 Å². The number of hydrogen-bond acceptors (Lipinski definition) is 5. The predicted molar refractivity (Wildman–Crippen MR) is 62.2 cm³/mol. The van der Waals surface area contributed by atoms with Crippen LogP contribution in [0.5, 0.6) is 0 Å². The van der Waals surface area contributed by atoms with Crippen LogP contribution in [0.2, 0.25) is 0 Å². The molecule has 0 saturated heterocycles. The Bertz CT molecular complexity index is 511. The van der Waals surface area contributed by atoms with E-state index in [0.29, 0.717) is 12.5 Å². The molecule has 0 aliphatic carbocycles. The first kappa shape index (κ1) is 15.9. The Kier molecular flexibility index (Phi) is 4.72. The van der Waals surface area contributed by atoms with Gasteiger partial charge < -0.3 is 5.11 Å². The van der Waals surface area contributed by atoms with Crippen molar-refractivity contribution in [1.29, 1.82) is 0 Å². The average molecular weight is 285 g/mol. The standard InChI is InChI=1S/C8H15NO6S2/c1-5-7(6(2)8(10)11)9(16(3,12)13)17(4,14)15/h5H2,1-4H3,(H,10,11)/b7-6+. The first-order valence-electron chi connectivity index (χ1n) is 4.56. The van der Waals surface area contributed by atoms with Crippen LogP contribution < -0.4 is 0 Å². The fourth-order valence-electron chi connectivity index (χ4n) is 1.30. The molecule has 1 N–H and O–H groups in total. The molecule has 9 heteroatoms. The molecule has 0 bridgehead atoms. The summed E-state index contributed by atoms with van der Waals surface area (Å²) in [6, 6.07) is 0. The summed E-state index contributed by atoms with van der Waals surface area (Å²) in [6.45, 7) is 2.63. The molecule has 0 heterocycles. The molecule has 0 atom stereocenters. The molecular weight excluding hydrogens is 270 g/mol. The molecule has 0 radical (unpaired) electrons. The Labute approximate surface area is 101 Å². The van der Waals surface area contributed by atoms with Crippen molar-refractivity contribution in [1.82, 2.24) is 3.71 Å². The molecule has 0 aliphatic rings. The number of carboxylic acid groups (broad SMARTS) is 1. The van der Waals surface area contributed by atoms with Gasteiger partial charge in [-0.1, -0.05) is 6.92 Å². The van der Waals surface area contributed by atoms with E-state index in [2.05, 4.69) is 0 Å². The van der Waals surface area contributed by atoms with Crippen molar-refractivity contribution in [3.63, 3.8) is 0 Å². The number of allylic oxidation sites excluding steroid dienone is 1. The molecule has 0 aromatic rings. The number of hydrogen-bond donors (Lipinski definition) is 1. The molecule has 0 spiro atoms. The maximum atomic E-state index is 11.4. The summed E-state index contributed by atoms with van der Waals surface area (Å²) >= 11 is 0. The van der Waals surface area contributed by atoms with Crippen molar-refractivity contribution in [3.8, 4) is 0 Å². The summed E-state index contributed by atoms with van der Waals surface area (Å²) in [5, 5.41) is 8.79. The zero-order valence-corrected chi connectivity index (χ0v) is 11.6. The lowest BCUT2D eigenvalue weighted by Crippen LogP contribution is -2.35. The Morgan fingerprint density at radius 3 is 1.65 bits per heavy atom. The van der Waals surface area contributed by atoms with E-state index < -0.39 is 26.0 Å². The zero-order valence-electron chi connectivity index (χ0n) is 9.96. The summed E-state index contributed by atoms with van der Waals surface area (Å²) in [7, 11) is -8.18. The molecule has 0 amide bonds. The van der Waals surface area contributed by atoms with Gasteiger partial charge in [-0.25, -0.2) is 21.6 Å². The highest BCUT2D eigenvalue weighted by molar-refractivity contribution is 8.03. The number of carbonyl (C=O) groups is 1. The summed E-state index contributed by atoms with van der Waals surface area (Å²) in [5.41, 5.74) is -0.578. The molecule has 100 valence electrons. The molecular formula is C8H15NO6S2. The smallest absolute Gasteiger partial charge is 0.333 e. The van der Waals surface area contributed by atoms with Crippen LogP contribution in [0.25, 0.3) is 0 Å². The van der Waals surface area contributed by atoms with E-state index in [0.717, 1.165) is 6.92 Å². The van der Waals surface area contributed by atoms with E-state index >= 15 is 0 Å². The van der Waals surface area contributed by atoms with Crippen LogP contribution in [-0.2, 0) is 24.8 Å². The van der Waals surface area contributed by atoms with Gasteiger partial charge in [0.25, 0.3) is 0 Å². The van der Waals surface area contributed by atoms with Crippen LogP contribution >= 0.6 is 0 Å². The SMILES string of the molecule is CC/C(=C(/C)C(=O)O)N(S(C)(=O)=O)S(C)(=O)=O. The second-order valence-electron chi connectivity index (χ2n) is 3.45. The number of aliphatic carboxylic acids is 1. The molecule has 0 aliphatic heterocycles.